The second-order valence-electron chi connectivity index (χ2n) is 6.46. The molecule has 1 aliphatic heterocycles. The monoisotopic (exact) mass is 362 g/mol. The van der Waals surface area contributed by atoms with Crippen LogP contribution in [0.5, 0.6) is 5.75 Å². The number of ether oxygens (including phenoxy) is 1. The van der Waals surface area contributed by atoms with Crippen LogP contribution in [0.1, 0.15) is 36.1 Å². The van der Waals surface area contributed by atoms with E-state index in [1.165, 1.54) is 5.56 Å². The van der Waals surface area contributed by atoms with E-state index in [0.717, 1.165) is 42.8 Å². The minimum Gasteiger partial charge on any atom is -0.497 e. The van der Waals surface area contributed by atoms with Gasteiger partial charge in [-0.2, -0.15) is 0 Å². The van der Waals surface area contributed by atoms with Gasteiger partial charge in [-0.3, -0.25) is 4.79 Å². The maximum absolute atomic E-state index is 12.7. The first-order chi connectivity index (χ1) is 12.1. The summed E-state index contributed by atoms with van der Waals surface area (Å²) in [6, 6.07) is 8.31. The van der Waals surface area contributed by atoms with Gasteiger partial charge in [0.05, 0.1) is 12.8 Å². The highest BCUT2D eigenvalue weighted by Gasteiger charge is 2.29. The largest absolute Gasteiger partial charge is 0.497 e. The zero-order valence-corrected chi connectivity index (χ0v) is 15.4. The van der Waals surface area contributed by atoms with E-state index in [-0.39, 0.29) is 11.9 Å². The van der Waals surface area contributed by atoms with Crippen molar-refractivity contribution in [2.75, 3.05) is 13.7 Å². The topological polar surface area (TPSA) is 55.6 Å². The Labute approximate surface area is 152 Å². The average molecular weight is 363 g/mol. The molecule has 1 aromatic heterocycles. The molecule has 0 spiro atoms. The second-order valence-corrected chi connectivity index (χ2v) is 6.80. The lowest BCUT2D eigenvalue weighted by atomic mass is 10.0. The van der Waals surface area contributed by atoms with Gasteiger partial charge in [0.15, 0.2) is 0 Å². The lowest BCUT2D eigenvalue weighted by Gasteiger charge is -2.25. The maximum Gasteiger partial charge on any atom is 0.229 e. The van der Waals surface area contributed by atoms with Crippen molar-refractivity contribution in [3.8, 4) is 5.75 Å². The number of aromatic nitrogens is 1. The summed E-state index contributed by atoms with van der Waals surface area (Å²) in [5, 5.41) is 4.13. The number of halogens is 1. The van der Waals surface area contributed by atoms with Crippen LogP contribution in [0.4, 0.5) is 0 Å². The molecule has 1 atom stereocenters. The minimum absolute atomic E-state index is 0.169. The Balaban J connectivity index is 1.61. The number of aryl methyl sites for hydroxylation is 1. The smallest absolute Gasteiger partial charge is 0.229 e. The molecular weight excluding hydrogens is 340 g/mol. The number of carbonyl (C=O) groups excluding carboxylic acids is 1. The lowest BCUT2D eigenvalue weighted by molar-refractivity contribution is -0.131. The van der Waals surface area contributed by atoms with E-state index in [9.17, 15) is 4.79 Å². The number of carbonyl (C=O) groups is 1. The average Bonchev–Trinajstić information content (AvgIpc) is 3.20. The zero-order valence-electron chi connectivity index (χ0n) is 14.6. The fraction of sp³-hybridized carbons (Fsp3) is 0.474. The highest BCUT2D eigenvalue weighted by Crippen LogP contribution is 2.25. The van der Waals surface area contributed by atoms with Crippen LogP contribution in [-0.2, 0) is 17.6 Å². The zero-order chi connectivity index (χ0) is 17.8. The molecule has 25 heavy (non-hydrogen) atoms. The van der Waals surface area contributed by atoms with Gasteiger partial charge in [-0.15, -0.1) is 0 Å². The molecule has 6 heteroatoms. The van der Waals surface area contributed by atoms with Gasteiger partial charge in [0, 0.05) is 24.6 Å². The maximum atomic E-state index is 12.7. The summed E-state index contributed by atoms with van der Waals surface area (Å²) in [6.45, 7) is 2.67. The molecule has 1 aromatic carbocycles. The highest BCUT2D eigenvalue weighted by molar-refractivity contribution is 6.29. The molecule has 5 nitrogen and oxygen atoms in total. The van der Waals surface area contributed by atoms with Crippen molar-refractivity contribution in [3.63, 3.8) is 0 Å². The summed E-state index contributed by atoms with van der Waals surface area (Å²) < 4.78 is 10.2. The number of amides is 1. The highest BCUT2D eigenvalue weighted by atomic mass is 35.5. The number of benzene rings is 1. The SMILES string of the molecule is COc1cccc(CC2CCCN2C(=O)CCc2c(C)noc2Cl)c1. The van der Waals surface area contributed by atoms with E-state index >= 15 is 0 Å². The third-order valence-corrected chi connectivity index (χ3v) is 5.13. The Morgan fingerprint density at radius 3 is 3.04 bits per heavy atom. The van der Waals surface area contributed by atoms with Crippen LogP contribution in [-0.4, -0.2) is 35.7 Å². The van der Waals surface area contributed by atoms with Crippen LogP contribution in [0.25, 0.3) is 0 Å². The summed E-state index contributed by atoms with van der Waals surface area (Å²) >= 11 is 5.99. The van der Waals surface area contributed by atoms with Crippen molar-refractivity contribution in [1.82, 2.24) is 10.1 Å². The Morgan fingerprint density at radius 2 is 2.32 bits per heavy atom. The molecule has 0 N–H and O–H groups in total. The molecule has 1 amide bonds. The third-order valence-electron chi connectivity index (χ3n) is 4.83. The normalized spacial score (nSPS) is 17.1. The first-order valence-electron chi connectivity index (χ1n) is 8.61. The van der Waals surface area contributed by atoms with Crippen molar-refractivity contribution in [2.45, 2.75) is 45.1 Å². The van der Waals surface area contributed by atoms with Crippen molar-refractivity contribution in [3.05, 3.63) is 46.3 Å². The summed E-state index contributed by atoms with van der Waals surface area (Å²) in [7, 11) is 1.67. The number of hydrogen-bond donors (Lipinski definition) is 0. The predicted octanol–water partition coefficient (Wildman–Crippen LogP) is 3.81. The van der Waals surface area contributed by atoms with Crippen LogP contribution in [0, 0.1) is 6.92 Å². The van der Waals surface area contributed by atoms with Crippen LogP contribution >= 0.6 is 11.6 Å². The van der Waals surface area contributed by atoms with E-state index in [4.69, 9.17) is 20.9 Å². The van der Waals surface area contributed by atoms with E-state index in [0.29, 0.717) is 18.1 Å². The molecule has 1 aliphatic rings. The number of nitrogens with zero attached hydrogens (tertiary/aromatic N) is 2. The first-order valence-corrected chi connectivity index (χ1v) is 8.99. The van der Waals surface area contributed by atoms with Gasteiger partial charge >= 0.3 is 0 Å². The summed E-state index contributed by atoms with van der Waals surface area (Å²) in [5.41, 5.74) is 2.78. The molecule has 2 heterocycles. The number of methoxy groups -OCH3 is 1. The van der Waals surface area contributed by atoms with Gasteiger partial charge in [-0.1, -0.05) is 17.3 Å². The number of hydrogen-bond acceptors (Lipinski definition) is 4. The molecule has 1 fully saturated rings. The van der Waals surface area contributed by atoms with Crippen LogP contribution < -0.4 is 4.74 Å². The quantitative estimate of drug-likeness (QED) is 0.784. The van der Waals surface area contributed by atoms with E-state index in [1.807, 2.05) is 30.0 Å². The van der Waals surface area contributed by atoms with Crippen LogP contribution in [0.15, 0.2) is 28.8 Å². The molecule has 1 unspecified atom stereocenters. The van der Waals surface area contributed by atoms with E-state index in [1.54, 1.807) is 7.11 Å². The van der Waals surface area contributed by atoms with Gasteiger partial charge in [-0.05, 0) is 61.9 Å². The summed E-state index contributed by atoms with van der Waals surface area (Å²) in [6.07, 6.45) is 3.94. The minimum atomic E-state index is 0.169. The van der Waals surface area contributed by atoms with Gasteiger partial charge in [0.2, 0.25) is 11.1 Å². The van der Waals surface area contributed by atoms with E-state index in [2.05, 4.69) is 11.2 Å². The molecule has 0 aliphatic carbocycles. The predicted molar refractivity (Wildman–Crippen MR) is 96.0 cm³/mol. The first kappa shape index (κ1) is 17.8. The summed E-state index contributed by atoms with van der Waals surface area (Å²) in [4.78, 5) is 14.7. The number of likely N-dealkylation sites (tertiary alicyclic amines) is 1. The Kier molecular flexibility index (Phi) is 5.63. The molecule has 0 radical (unpaired) electrons. The Bertz CT molecular complexity index is 725. The molecule has 3 rings (SSSR count). The fourth-order valence-electron chi connectivity index (χ4n) is 3.46. The molecule has 134 valence electrons. The van der Waals surface area contributed by atoms with Crippen molar-refractivity contribution < 1.29 is 14.1 Å². The van der Waals surface area contributed by atoms with Crippen molar-refractivity contribution in [1.29, 1.82) is 0 Å². The van der Waals surface area contributed by atoms with Crippen LogP contribution in [0.2, 0.25) is 5.22 Å². The van der Waals surface area contributed by atoms with Gasteiger partial charge in [0.25, 0.3) is 0 Å². The van der Waals surface area contributed by atoms with E-state index < -0.39 is 0 Å². The van der Waals surface area contributed by atoms with Crippen molar-refractivity contribution in [2.24, 2.45) is 0 Å². The molecular formula is C19H23ClN2O3. The van der Waals surface area contributed by atoms with Gasteiger partial charge < -0.3 is 14.2 Å². The number of rotatable bonds is 6. The molecule has 0 saturated carbocycles. The standard InChI is InChI=1S/C19H23ClN2O3/c1-13-17(19(20)25-21-13)8-9-18(23)22-10-4-6-15(22)11-14-5-3-7-16(12-14)24-2/h3,5,7,12,15H,4,6,8-11H2,1-2H3. The Morgan fingerprint density at radius 1 is 1.48 bits per heavy atom. The lowest BCUT2D eigenvalue weighted by Crippen LogP contribution is -2.36. The molecule has 0 bridgehead atoms. The second kappa shape index (κ2) is 7.91. The van der Waals surface area contributed by atoms with Gasteiger partial charge in [-0.25, -0.2) is 0 Å². The fourth-order valence-corrected chi connectivity index (χ4v) is 3.73. The third kappa shape index (κ3) is 4.15. The van der Waals surface area contributed by atoms with Crippen LogP contribution in [0.3, 0.4) is 0 Å². The van der Waals surface area contributed by atoms with Gasteiger partial charge in [0.1, 0.15) is 5.75 Å². The Hall–Kier alpha value is -2.01. The summed E-state index contributed by atoms with van der Waals surface area (Å²) in [5.74, 6) is 1.02. The molecule has 1 saturated heterocycles. The molecule has 2 aromatic rings. The van der Waals surface area contributed by atoms with Crippen molar-refractivity contribution >= 4 is 17.5 Å².